The standard InChI is InChI=1S/C7H7NO3/c9-4-3-8-11-6-7-2-1-5-10-7/h1-5H,6H2. The molecule has 0 unspecified atom stereocenters. The van der Waals surface area contributed by atoms with Crippen LogP contribution in [0.1, 0.15) is 5.76 Å². The van der Waals surface area contributed by atoms with E-state index in [1.165, 1.54) is 0 Å². The summed E-state index contributed by atoms with van der Waals surface area (Å²) in [6, 6.07) is 3.51. The molecule has 0 aliphatic rings. The Hall–Kier alpha value is -1.58. The third-order valence-electron chi connectivity index (χ3n) is 0.983. The van der Waals surface area contributed by atoms with Gasteiger partial charge >= 0.3 is 0 Å². The monoisotopic (exact) mass is 153 g/mol. The Bertz CT molecular complexity index is 228. The summed E-state index contributed by atoms with van der Waals surface area (Å²) in [4.78, 5) is 14.4. The van der Waals surface area contributed by atoms with Crippen molar-refractivity contribution in [1.29, 1.82) is 0 Å². The zero-order valence-corrected chi connectivity index (χ0v) is 5.77. The van der Waals surface area contributed by atoms with Gasteiger partial charge < -0.3 is 9.25 Å². The third-order valence-corrected chi connectivity index (χ3v) is 0.983. The summed E-state index contributed by atoms with van der Waals surface area (Å²) < 4.78 is 4.93. The van der Waals surface area contributed by atoms with Crippen LogP contribution in [0.3, 0.4) is 0 Å². The van der Waals surface area contributed by atoms with Crippen LogP contribution in [0.15, 0.2) is 28.0 Å². The minimum atomic E-state index is 0.247. The summed E-state index contributed by atoms with van der Waals surface area (Å²) in [7, 11) is 0. The summed E-state index contributed by atoms with van der Waals surface area (Å²) in [6.07, 6.45) is 3.12. The van der Waals surface area contributed by atoms with Crippen LogP contribution in [0.2, 0.25) is 0 Å². The van der Waals surface area contributed by atoms with Crippen molar-refractivity contribution in [1.82, 2.24) is 0 Å². The van der Waals surface area contributed by atoms with Crippen molar-refractivity contribution in [2.45, 2.75) is 6.61 Å². The van der Waals surface area contributed by atoms with E-state index < -0.39 is 0 Å². The van der Waals surface area contributed by atoms with Crippen molar-refractivity contribution < 1.29 is 14.0 Å². The molecule has 0 bridgehead atoms. The molecule has 1 heterocycles. The molecule has 4 heteroatoms. The zero-order valence-electron chi connectivity index (χ0n) is 5.77. The predicted octanol–water partition coefficient (Wildman–Crippen LogP) is 0.981. The van der Waals surface area contributed by atoms with E-state index in [1.807, 2.05) is 0 Å². The summed E-state index contributed by atoms with van der Waals surface area (Å²) in [5.74, 6) is 0.674. The van der Waals surface area contributed by atoms with Gasteiger partial charge in [-0.3, -0.25) is 4.79 Å². The first-order valence-corrected chi connectivity index (χ1v) is 3.05. The van der Waals surface area contributed by atoms with E-state index in [4.69, 9.17) is 4.42 Å². The first-order valence-electron chi connectivity index (χ1n) is 3.05. The van der Waals surface area contributed by atoms with Crippen LogP contribution >= 0.6 is 0 Å². The zero-order chi connectivity index (χ0) is 7.94. The molecule has 0 spiro atoms. The van der Waals surface area contributed by atoms with E-state index in [1.54, 1.807) is 18.4 Å². The molecular formula is C7H7NO3. The number of carbonyl (C=O) groups excluding carboxylic acids is 1. The van der Waals surface area contributed by atoms with E-state index in [0.717, 1.165) is 6.21 Å². The lowest BCUT2D eigenvalue weighted by Gasteiger charge is -1.91. The fourth-order valence-electron chi connectivity index (χ4n) is 0.563. The van der Waals surface area contributed by atoms with Crippen LogP contribution in [0.5, 0.6) is 0 Å². The fourth-order valence-corrected chi connectivity index (χ4v) is 0.563. The number of oxime groups is 1. The Morgan fingerprint density at radius 2 is 2.64 bits per heavy atom. The second-order valence-electron chi connectivity index (χ2n) is 1.74. The van der Waals surface area contributed by atoms with Gasteiger partial charge in [0.2, 0.25) is 0 Å². The average molecular weight is 153 g/mol. The Morgan fingerprint density at radius 3 is 3.27 bits per heavy atom. The summed E-state index contributed by atoms with van der Waals surface area (Å²) >= 11 is 0. The molecule has 1 aromatic rings. The van der Waals surface area contributed by atoms with E-state index in [-0.39, 0.29) is 6.61 Å². The number of furan rings is 1. The van der Waals surface area contributed by atoms with E-state index in [2.05, 4.69) is 9.99 Å². The van der Waals surface area contributed by atoms with Crippen LogP contribution in [0.4, 0.5) is 0 Å². The third kappa shape index (κ3) is 2.66. The number of nitrogens with zero attached hydrogens (tertiary/aromatic N) is 1. The second-order valence-corrected chi connectivity index (χ2v) is 1.74. The molecule has 4 nitrogen and oxygen atoms in total. The maximum atomic E-state index is 9.71. The van der Waals surface area contributed by atoms with Gasteiger partial charge in [-0.2, -0.15) is 0 Å². The van der Waals surface area contributed by atoms with Gasteiger partial charge in [0.25, 0.3) is 0 Å². The molecular weight excluding hydrogens is 146 g/mol. The van der Waals surface area contributed by atoms with Crippen molar-refractivity contribution in [3.05, 3.63) is 24.2 Å². The number of hydrogen-bond donors (Lipinski definition) is 0. The highest BCUT2D eigenvalue weighted by Gasteiger charge is 1.92. The number of rotatable bonds is 4. The molecule has 1 aromatic heterocycles. The maximum absolute atomic E-state index is 9.71. The molecule has 0 saturated carbocycles. The fraction of sp³-hybridized carbons (Fsp3) is 0.143. The Balaban J connectivity index is 2.23. The number of aldehydes is 1. The summed E-state index contributed by atoms with van der Waals surface area (Å²) in [6.45, 7) is 0.247. The van der Waals surface area contributed by atoms with E-state index in [0.29, 0.717) is 12.0 Å². The normalized spacial score (nSPS) is 10.2. The van der Waals surface area contributed by atoms with Crippen molar-refractivity contribution in [3.63, 3.8) is 0 Å². The van der Waals surface area contributed by atoms with Crippen LogP contribution in [-0.2, 0) is 16.2 Å². The second kappa shape index (κ2) is 4.27. The van der Waals surface area contributed by atoms with Crippen molar-refractivity contribution in [2.75, 3.05) is 0 Å². The summed E-state index contributed by atoms with van der Waals surface area (Å²) in [5, 5.41) is 3.31. The molecule has 0 aromatic carbocycles. The SMILES string of the molecule is O=CC=NOCc1ccco1. The Morgan fingerprint density at radius 1 is 1.73 bits per heavy atom. The minimum absolute atomic E-state index is 0.247. The highest BCUT2D eigenvalue weighted by atomic mass is 16.6. The topological polar surface area (TPSA) is 51.8 Å². The molecule has 1 rings (SSSR count). The van der Waals surface area contributed by atoms with E-state index in [9.17, 15) is 4.79 Å². The van der Waals surface area contributed by atoms with Gasteiger partial charge in [-0.05, 0) is 12.1 Å². The summed E-state index contributed by atoms with van der Waals surface area (Å²) in [5.41, 5.74) is 0. The molecule has 0 aliphatic carbocycles. The Labute approximate surface area is 63.4 Å². The highest BCUT2D eigenvalue weighted by Crippen LogP contribution is 2.00. The molecule has 0 amide bonds. The largest absolute Gasteiger partial charge is 0.466 e. The van der Waals surface area contributed by atoms with Gasteiger partial charge in [-0.15, -0.1) is 0 Å². The highest BCUT2D eigenvalue weighted by molar-refractivity contribution is 6.12. The van der Waals surface area contributed by atoms with Gasteiger partial charge in [0.15, 0.2) is 12.9 Å². The van der Waals surface area contributed by atoms with Crippen molar-refractivity contribution in [3.8, 4) is 0 Å². The lowest BCUT2D eigenvalue weighted by Crippen LogP contribution is -1.84. The van der Waals surface area contributed by atoms with Gasteiger partial charge in [0, 0.05) is 0 Å². The lowest BCUT2D eigenvalue weighted by molar-refractivity contribution is -0.102. The smallest absolute Gasteiger partial charge is 0.174 e. The first kappa shape index (κ1) is 7.53. The van der Waals surface area contributed by atoms with Crippen molar-refractivity contribution in [2.24, 2.45) is 5.16 Å². The van der Waals surface area contributed by atoms with Crippen LogP contribution in [0.25, 0.3) is 0 Å². The maximum Gasteiger partial charge on any atom is 0.174 e. The molecule has 0 radical (unpaired) electrons. The molecule has 58 valence electrons. The number of carbonyl (C=O) groups is 1. The predicted molar refractivity (Wildman–Crippen MR) is 38.1 cm³/mol. The lowest BCUT2D eigenvalue weighted by atomic mass is 10.5. The first-order chi connectivity index (χ1) is 5.43. The molecule has 0 N–H and O–H groups in total. The number of hydrogen-bond acceptors (Lipinski definition) is 4. The quantitative estimate of drug-likeness (QED) is 0.368. The molecule has 11 heavy (non-hydrogen) atoms. The van der Waals surface area contributed by atoms with Gasteiger partial charge in [-0.25, -0.2) is 0 Å². The van der Waals surface area contributed by atoms with Crippen molar-refractivity contribution >= 4 is 12.5 Å². The molecule has 0 aliphatic heterocycles. The molecule has 0 atom stereocenters. The minimum Gasteiger partial charge on any atom is -0.466 e. The Kier molecular flexibility index (Phi) is 2.92. The van der Waals surface area contributed by atoms with Crippen LogP contribution in [0, 0.1) is 0 Å². The van der Waals surface area contributed by atoms with Gasteiger partial charge in [-0.1, -0.05) is 5.16 Å². The molecule has 0 fully saturated rings. The van der Waals surface area contributed by atoms with Crippen LogP contribution in [-0.4, -0.2) is 12.5 Å². The van der Waals surface area contributed by atoms with E-state index >= 15 is 0 Å². The average Bonchev–Trinajstić information content (AvgIpc) is 2.50. The van der Waals surface area contributed by atoms with Gasteiger partial charge in [0.05, 0.1) is 6.26 Å². The van der Waals surface area contributed by atoms with Gasteiger partial charge in [0.1, 0.15) is 12.0 Å². The van der Waals surface area contributed by atoms with Crippen LogP contribution < -0.4 is 0 Å². The molecule has 0 saturated heterocycles.